The molecule has 0 radical (unpaired) electrons. The van der Waals surface area contributed by atoms with Crippen LogP contribution >= 0.6 is 0 Å². The first kappa shape index (κ1) is 16.7. The van der Waals surface area contributed by atoms with Crippen LogP contribution in [-0.2, 0) is 11.3 Å². The van der Waals surface area contributed by atoms with Crippen molar-refractivity contribution >= 4 is 5.91 Å². The van der Waals surface area contributed by atoms with Gasteiger partial charge < -0.3 is 10.6 Å². The van der Waals surface area contributed by atoms with E-state index in [0.29, 0.717) is 25.4 Å². The lowest BCUT2D eigenvalue weighted by molar-refractivity contribution is -0.130. The normalized spacial score (nSPS) is 12.2. The fourth-order valence-corrected chi connectivity index (χ4v) is 2.36. The molecule has 0 heterocycles. The lowest BCUT2D eigenvalue weighted by Crippen LogP contribution is -2.26. The lowest BCUT2D eigenvalue weighted by Gasteiger charge is -2.20. The molecule has 0 bridgehead atoms. The average molecular weight is 276 g/mol. The molecule has 0 fully saturated rings. The number of carbonyl (C=O) groups is 1. The minimum atomic E-state index is 0.217. The highest BCUT2D eigenvalue weighted by molar-refractivity contribution is 5.75. The van der Waals surface area contributed by atoms with Gasteiger partial charge in [0.2, 0.25) is 5.91 Å². The molecule has 1 atom stereocenters. The number of hydrogen-bond acceptors (Lipinski definition) is 2. The zero-order chi connectivity index (χ0) is 15.1. The smallest absolute Gasteiger partial charge is 0.222 e. The Labute approximate surface area is 123 Å². The average Bonchev–Trinajstić information content (AvgIpc) is 2.39. The molecule has 2 N–H and O–H groups in total. The quantitative estimate of drug-likeness (QED) is 0.832. The van der Waals surface area contributed by atoms with E-state index in [9.17, 15) is 4.79 Å². The van der Waals surface area contributed by atoms with Crippen LogP contribution in [0.25, 0.3) is 0 Å². The van der Waals surface area contributed by atoms with E-state index in [1.807, 2.05) is 11.9 Å². The van der Waals surface area contributed by atoms with Crippen LogP contribution in [0.2, 0.25) is 0 Å². The first-order valence-electron chi connectivity index (χ1n) is 7.44. The second-order valence-corrected chi connectivity index (χ2v) is 5.90. The first-order valence-corrected chi connectivity index (χ1v) is 7.44. The fourth-order valence-electron chi connectivity index (χ4n) is 2.36. The highest BCUT2D eigenvalue weighted by Gasteiger charge is 2.12. The van der Waals surface area contributed by atoms with E-state index in [0.717, 1.165) is 12.8 Å². The molecule has 0 saturated carbocycles. The Morgan fingerprint density at radius 1 is 1.30 bits per heavy atom. The van der Waals surface area contributed by atoms with Crippen LogP contribution in [0.3, 0.4) is 0 Å². The Morgan fingerprint density at radius 2 is 2.00 bits per heavy atom. The molecule has 1 amide bonds. The predicted octanol–water partition coefficient (Wildman–Crippen LogP) is 3.03. The fraction of sp³-hybridized carbons (Fsp3) is 0.588. The maximum absolute atomic E-state index is 12.1. The van der Waals surface area contributed by atoms with Crippen molar-refractivity contribution in [2.24, 2.45) is 11.7 Å². The SMILES string of the molecule is Cc1ccc(CN(C)C(=O)CCC(C)CCN)c(C)c1. The number of carbonyl (C=O) groups excluding carboxylic acids is 1. The van der Waals surface area contributed by atoms with Gasteiger partial charge >= 0.3 is 0 Å². The third-order valence-electron chi connectivity index (χ3n) is 3.84. The molecular weight excluding hydrogens is 248 g/mol. The van der Waals surface area contributed by atoms with E-state index in [4.69, 9.17) is 5.73 Å². The Balaban J connectivity index is 2.49. The highest BCUT2D eigenvalue weighted by atomic mass is 16.2. The van der Waals surface area contributed by atoms with Gasteiger partial charge in [0.1, 0.15) is 0 Å². The van der Waals surface area contributed by atoms with Gasteiger partial charge in [-0.15, -0.1) is 0 Å². The van der Waals surface area contributed by atoms with E-state index >= 15 is 0 Å². The van der Waals surface area contributed by atoms with E-state index in [1.54, 1.807) is 0 Å². The number of amides is 1. The maximum Gasteiger partial charge on any atom is 0.222 e. The number of nitrogens with two attached hydrogens (primary N) is 1. The minimum absolute atomic E-state index is 0.217. The summed E-state index contributed by atoms with van der Waals surface area (Å²) in [5, 5.41) is 0. The van der Waals surface area contributed by atoms with Crippen molar-refractivity contribution in [2.45, 2.75) is 46.6 Å². The van der Waals surface area contributed by atoms with Gasteiger partial charge in [0, 0.05) is 20.0 Å². The summed E-state index contributed by atoms with van der Waals surface area (Å²) >= 11 is 0. The third-order valence-corrected chi connectivity index (χ3v) is 3.84. The van der Waals surface area contributed by atoms with Crippen LogP contribution in [0.4, 0.5) is 0 Å². The molecule has 0 aliphatic heterocycles. The first-order chi connectivity index (χ1) is 9.43. The summed E-state index contributed by atoms with van der Waals surface area (Å²) in [7, 11) is 1.88. The van der Waals surface area contributed by atoms with Gasteiger partial charge in [-0.1, -0.05) is 30.7 Å². The lowest BCUT2D eigenvalue weighted by atomic mass is 10.0. The van der Waals surface area contributed by atoms with E-state index in [-0.39, 0.29) is 5.91 Å². The molecule has 1 rings (SSSR count). The van der Waals surface area contributed by atoms with E-state index in [2.05, 4.69) is 39.0 Å². The summed E-state index contributed by atoms with van der Waals surface area (Å²) in [4.78, 5) is 14.0. The Kier molecular flexibility index (Phi) is 6.73. The van der Waals surface area contributed by atoms with Crippen molar-refractivity contribution in [1.82, 2.24) is 4.90 Å². The Morgan fingerprint density at radius 3 is 2.60 bits per heavy atom. The molecule has 0 aliphatic carbocycles. The summed E-state index contributed by atoms with van der Waals surface area (Å²) in [5.41, 5.74) is 9.27. The number of hydrogen-bond donors (Lipinski definition) is 1. The van der Waals surface area contributed by atoms with Gasteiger partial charge in [-0.2, -0.15) is 0 Å². The van der Waals surface area contributed by atoms with Gasteiger partial charge in [-0.3, -0.25) is 4.79 Å². The standard InChI is InChI=1S/C17H28N2O/c1-13(9-10-18)6-8-17(20)19(4)12-16-7-5-14(2)11-15(16)3/h5,7,11,13H,6,8-10,12,18H2,1-4H3. The summed E-state index contributed by atoms with van der Waals surface area (Å²) in [6.07, 6.45) is 2.53. The van der Waals surface area contributed by atoms with Crippen LogP contribution in [0.1, 0.15) is 42.9 Å². The molecule has 0 spiro atoms. The van der Waals surface area contributed by atoms with Crippen molar-refractivity contribution < 1.29 is 4.79 Å². The highest BCUT2D eigenvalue weighted by Crippen LogP contribution is 2.15. The molecule has 3 heteroatoms. The Bertz CT molecular complexity index is 443. The van der Waals surface area contributed by atoms with Gasteiger partial charge in [0.25, 0.3) is 0 Å². The molecule has 0 saturated heterocycles. The Hall–Kier alpha value is -1.35. The van der Waals surface area contributed by atoms with Gasteiger partial charge in [-0.05, 0) is 50.3 Å². The monoisotopic (exact) mass is 276 g/mol. The molecule has 0 aromatic heterocycles. The number of rotatable bonds is 7. The molecule has 1 aromatic carbocycles. The minimum Gasteiger partial charge on any atom is -0.341 e. The topological polar surface area (TPSA) is 46.3 Å². The molecule has 3 nitrogen and oxygen atoms in total. The summed E-state index contributed by atoms with van der Waals surface area (Å²) < 4.78 is 0. The van der Waals surface area contributed by atoms with Gasteiger partial charge in [0.15, 0.2) is 0 Å². The number of nitrogens with zero attached hydrogens (tertiary/aromatic N) is 1. The maximum atomic E-state index is 12.1. The zero-order valence-electron chi connectivity index (χ0n) is 13.3. The molecule has 1 aromatic rings. The van der Waals surface area contributed by atoms with Crippen LogP contribution in [0, 0.1) is 19.8 Å². The third kappa shape index (κ3) is 5.33. The van der Waals surface area contributed by atoms with Crippen molar-refractivity contribution in [3.63, 3.8) is 0 Å². The summed E-state index contributed by atoms with van der Waals surface area (Å²) in [5.74, 6) is 0.743. The van der Waals surface area contributed by atoms with Gasteiger partial charge in [0.05, 0.1) is 0 Å². The predicted molar refractivity (Wildman–Crippen MR) is 84.5 cm³/mol. The second-order valence-electron chi connectivity index (χ2n) is 5.90. The molecule has 20 heavy (non-hydrogen) atoms. The number of benzene rings is 1. The van der Waals surface area contributed by atoms with Gasteiger partial charge in [-0.25, -0.2) is 0 Å². The molecular formula is C17H28N2O. The van der Waals surface area contributed by atoms with Crippen molar-refractivity contribution in [3.8, 4) is 0 Å². The molecule has 112 valence electrons. The van der Waals surface area contributed by atoms with Crippen LogP contribution in [0.5, 0.6) is 0 Å². The largest absolute Gasteiger partial charge is 0.341 e. The molecule has 1 unspecified atom stereocenters. The van der Waals surface area contributed by atoms with Crippen molar-refractivity contribution in [2.75, 3.05) is 13.6 Å². The van der Waals surface area contributed by atoms with Crippen molar-refractivity contribution in [3.05, 3.63) is 34.9 Å². The summed E-state index contributed by atoms with van der Waals surface area (Å²) in [6.45, 7) is 7.74. The van der Waals surface area contributed by atoms with Crippen LogP contribution in [-0.4, -0.2) is 24.4 Å². The van der Waals surface area contributed by atoms with Crippen LogP contribution in [0.15, 0.2) is 18.2 Å². The van der Waals surface area contributed by atoms with E-state index in [1.165, 1.54) is 16.7 Å². The second kappa shape index (κ2) is 8.05. The zero-order valence-corrected chi connectivity index (χ0v) is 13.3. The summed E-state index contributed by atoms with van der Waals surface area (Å²) in [6, 6.07) is 6.38. The number of aryl methyl sites for hydroxylation is 2. The van der Waals surface area contributed by atoms with Crippen LogP contribution < -0.4 is 5.73 Å². The van der Waals surface area contributed by atoms with Crippen molar-refractivity contribution in [1.29, 1.82) is 0 Å². The molecule has 0 aliphatic rings. The van der Waals surface area contributed by atoms with E-state index < -0.39 is 0 Å².